The molecule has 1 heterocycles. The molecule has 1 aliphatic heterocycles. The van der Waals surface area contributed by atoms with Crippen molar-refractivity contribution in [2.75, 3.05) is 46.0 Å². The Labute approximate surface area is 128 Å². The van der Waals surface area contributed by atoms with Crippen LogP contribution in [0.2, 0.25) is 0 Å². The van der Waals surface area contributed by atoms with Crippen molar-refractivity contribution >= 4 is 0 Å². The SMILES string of the molecule is CCNC(CO)(CCN1CCCOCC1)c1ccccc1. The highest BCUT2D eigenvalue weighted by Gasteiger charge is 2.30. The van der Waals surface area contributed by atoms with E-state index in [-0.39, 0.29) is 12.1 Å². The molecule has 0 radical (unpaired) electrons. The molecule has 0 saturated carbocycles. The molecule has 0 spiro atoms. The second-order valence-corrected chi connectivity index (χ2v) is 5.69. The van der Waals surface area contributed by atoms with Crippen LogP contribution >= 0.6 is 0 Å². The average molecular weight is 292 g/mol. The highest BCUT2D eigenvalue weighted by molar-refractivity contribution is 5.24. The Morgan fingerprint density at radius 1 is 1.24 bits per heavy atom. The van der Waals surface area contributed by atoms with E-state index in [1.165, 1.54) is 5.56 Å². The van der Waals surface area contributed by atoms with Crippen molar-refractivity contribution < 1.29 is 9.84 Å². The number of hydrogen-bond acceptors (Lipinski definition) is 4. The number of aliphatic hydroxyl groups excluding tert-OH is 1. The lowest BCUT2D eigenvalue weighted by Crippen LogP contribution is -2.48. The van der Waals surface area contributed by atoms with Crippen LogP contribution in [0.25, 0.3) is 0 Å². The minimum absolute atomic E-state index is 0.120. The second-order valence-electron chi connectivity index (χ2n) is 5.69. The summed E-state index contributed by atoms with van der Waals surface area (Å²) in [5.74, 6) is 0. The third-order valence-corrected chi connectivity index (χ3v) is 4.28. The average Bonchev–Trinajstić information content (AvgIpc) is 2.81. The van der Waals surface area contributed by atoms with E-state index in [1.807, 2.05) is 18.2 Å². The molecular weight excluding hydrogens is 264 g/mol. The molecule has 1 atom stereocenters. The smallest absolute Gasteiger partial charge is 0.0681 e. The van der Waals surface area contributed by atoms with Gasteiger partial charge in [0.25, 0.3) is 0 Å². The van der Waals surface area contributed by atoms with E-state index in [2.05, 4.69) is 29.3 Å². The van der Waals surface area contributed by atoms with Crippen molar-refractivity contribution in [2.24, 2.45) is 0 Å². The summed E-state index contributed by atoms with van der Waals surface area (Å²) in [5.41, 5.74) is 0.823. The van der Waals surface area contributed by atoms with Crippen LogP contribution in [-0.2, 0) is 10.3 Å². The van der Waals surface area contributed by atoms with Crippen LogP contribution in [0.3, 0.4) is 0 Å². The summed E-state index contributed by atoms with van der Waals surface area (Å²) in [6.07, 6.45) is 2.00. The maximum absolute atomic E-state index is 10.0. The topological polar surface area (TPSA) is 44.7 Å². The lowest BCUT2D eigenvalue weighted by Gasteiger charge is -2.35. The minimum atomic E-state index is -0.344. The summed E-state index contributed by atoms with van der Waals surface area (Å²) < 4.78 is 5.51. The molecule has 1 unspecified atom stereocenters. The molecule has 0 aliphatic carbocycles. The van der Waals surface area contributed by atoms with E-state index in [4.69, 9.17) is 4.74 Å². The number of nitrogens with zero attached hydrogens (tertiary/aromatic N) is 1. The van der Waals surface area contributed by atoms with Crippen molar-refractivity contribution in [1.82, 2.24) is 10.2 Å². The van der Waals surface area contributed by atoms with Crippen LogP contribution in [0.5, 0.6) is 0 Å². The molecule has 21 heavy (non-hydrogen) atoms. The molecule has 4 nitrogen and oxygen atoms in total. The van der Waals surface area contributed by atoms with Crippen molar-refractivity contribution in [1.29, 1.82) is 0 Å². The van der Waals surface area contributed by atoms with Gasteiger partial charge in [0.2, 0.25) is 0 Å². The Balaban J connectivity index is 2.05. The fourth-order valence-corrected chi connectivity index (χ4v) is 3.03. The monoisotopic (exact) mass is 292 g/mol. The van der Waals surface area contributed by atoms with E-state index in [9.17, 15) is 5.11 Å². The molecule has 4 heteroatoms. The van der Waals surface area contributed by atoms with Gasteiger partial charge in [0.1, 0.15) is 0 Å². The number of ether oxygens (including phenoxy) is 1. The minimum Gasteiger partial charge on any atom is -0.394 e. The number of aliphatic hydroxyl groups is 1. The molecule has 1 aromatic rings. The quantitative estimate of drug-likeness (QED) is 0.801. The first-order chi connectivity index (χ1) is 10.3. The molecule has 0 bridgehead atoms. The first kappa shape index (κ1) is 16.4. The Kier molecular flexibility index (Phi) is 6.64. The van der Waals surface area contributed by atoms with Gasteiger partial charge < -0.3 is 20.1 Å². The van der Waals surface area contributed by atoms with Gasteiger partial charge in [-0.3, -0.25) is 0 Å². The maximum Gasteiger partial charge on any atom is 0.0681 e. The zero-order valence-corrected chi connectivity index (χ0v) is 13.1. The van der Waals surface area contributed by atoms with Crippen LogP contribution in [0.1, 0.15) is 25.3 Å². The van der Waals surface area contributed by atoms with E-state index in [0.717, 1.165) is 52.2 Å². The number of nitrogens with one attached hydrogen (secondary N) is 1. The fourth-order valence-electron chi connectivity index (χ4n) is 3.03. The molecular formula is C17H28N2O2. The predicted octanol–water partition coefficient (Wildman–Crippen LogP) is 1.60. The summed E-state index contributed by atoms with van der Waals surface area (Å²) in [6, 6.07) is 10.3. The van der Waals surface area contributed by atoms with E-state index in [0.29, 0.717) is 0 Å². The number of likely N-dealkylation sites (N-methyl/N-ethyl adjacent to an activating group) is 1. The summed E-state index contributed by atoms with van der Waals surface area (Å²) in [4.78, 5) is 2.44. The molecule has 1 saturated heterocycles. The highest BCUT2D eigenvalue weighted by Crippen LogP contribution is 2.25. The molecule has 0 amide bonds. The van der Waals surface area contributed by atoms with Crippen LogP contribution in [0.4, 0.5) is 0 Å². The fraction of sp³-hybridized carbons (Fsp3) is 0.647. The van der Waals surface area contributed by atoms with Crippen molar-refractivity contribution in [3.05, 3.63) is 35.9 Å². The summed E-state index contributed by atoms with van der Waals surface area (Å²) in [6.45, 7) is 7.80. The predicted molar refractivity (Wildman–Crippen MR) is 85.4 cm³/mol. The van der Waals surface area contributed by atoms with Gasteiger partial charge >= 0.3 is 0 Å². The Bertz CT molecular complexity index is 391. The number of hydrogen-bond donors (Lipinski definition) is 2. The lowest BCUT2D eigenvalue weighted by molar-refractivity contribution is 0.123. The van der Waals surface area contributed by atoms with E-state index in [1.54, 1.807) is 0 Å². The van der Waals surface area contributed by atoms with Gasteiger partial charge in [-0.25, -0.2) is 0 Å². The van der Waals surface area contributed by atoms with Gasteiger partial charge in [-0.2, -0.15) is 0 Å². The zero-order valence-electron chi connectivity index (χ0n) is 13.1. The van der Waals surface area contributed by atoms with Crippen molar-refractivity contribution in [2.45, 2.75) is 25.3 Å². The van der Waals surface area contributed by atoms with Crippen LogP contribution < -0.4 is 5.32 Å². The van der Waals surface area contributed by atoms with Gasteiger partial charge in [0.05, 0.1) is 18.8 Å². The van der Waals surface area contributed by atoms with E-state index < -0.39 is 0 Å². The Morgan fingerprint density at radius 2 is 2.05 bits per heavy atom. The van der Waals surface area contributed by atoms with Gasteiger partial charge in [0.15, 0.2) is 0 Å². The Hall–Kier alpha value is -0.940. The lowest BCUT2D eigenvalue weighted by atomic mass is 9.87. The summed E-state index contributed by atoms with van der Waals surface area (Å²) in [5, 5.41) is 13.5. The highest BCUT2D eigenvalue weighted by atomic mass is 16.5. The molecule has 2 N–H and O–H groups in total. The van der Waals surface area contributed by atoms with Gasteiger partial charge in [-0.15, -0.1) is 0 Å². The largest absolute Gasteiger partial charge is 0.394 e. The van der Waals surface area contributed by atoms with Crippen molar-refractivity contribution in [3.63, 3.8) is 0 Å². The van der Waals surface area contributed by atoms with Crippen molar-refractivity contribution in [3.8, 4) is 0 Å². The standard InChI is InChI=1S/C17H28N2O2/c1-2-18-17(15-20,16-7-4-3-5-8-16)9-11-19-10-6-13-21-14-12-19/h3-5,7-8,18,20H,2,6,9-15H2,1H3. The molecule has 118 valence electrons. The zero-order chi connectivity index (χ0) is 15.0. The summed E-state index contributed by atoms with van der Waals surface area (Å²) >= 11 is 0. The molecule has 1 fully saturated rings. The first-order valence-corrected chi connectivity index (χ1v) is 8.02. The van der Waals surface area contributed by atoms with Crippen LogP contribution in [0.15, 0.2) is 30.3 Å². The molecule has 0 aromatic heterocycles. The second kappa shape index (κ2) is 8.49. The first-order valence-electron chi connectivity index (χ1n) is 8.02. The van der Waals surface area contributed by atoms with Gasteiger partial charge in [-0.1, -0.05) is 37.3 Å². The van der Waals surface area contributed by atoms with Crippen LogP contribution in [-0.4, -0.2) is 56.0 Å². The maximum atomic E-state index is 10.0. The van der Waals surface area contributed by atoms with E-state index >= 15 is 0 Å². The van der Waals surface area contributed by atoms with Gasteiger partial charge in [-0.05, 0) is 24.9 Å². The molecule has 2 rings (SSSR count). The number of benzene rings is 1. The third kappa shape index (κ3) is 4.51. The number of rotatable bonds is 7. The summed E-state index contributed by atoms with van der Waals surface area (Å²) in [7, 11) is 0. The van der Waals surface area contributed by atoms with Crippen LogP contribution in [0, 0.1) is 0 Å². The normalized spacial score (nSPS) is 19.9. The third-order valence-electron chi connectivity index (χ3n) is 4.28. The van der Waals surface area contributed by atoms with Gasteiger partial charge in [0, 0.05) is 26.2 Å². The molecule has 1 aromatic carbocycles. The Morgan fingerprint density at radius 3 is 2.76 bits per heavy atom. The molecule has 1 aliphatic rings.